The first kappa shape index (κ1) is 27.0. The van der Waals surface area contributed by atoms with Crippen molar-refractivity contribution in [1.29, 1.82) is 0 Å². The predicted octanol–water partition coefficient (Wildman–Crippen LogP) is 4.95. The normalized spacial score (nSPS) is 11.2. The van der Waals surface area contributed by atoms with E-state index in [1.54, 1.807) is 35.0 Å². The second kappa shape index (κ2) is 11.9. The molecule has 0 unspecified atom stereocenters. The number of amides is 3. The van der Waals surface area contributed by atoms with Crippen LogP contribution in [0, 0.1) is 0 Å². The summed E-state index contributed by atoms with van der Waals surface area (Å²) in [5.74, 6) is 0.574. The van der Waals surface area contributed by atoms with Crippen molar-refractivity contribution in [2.75, 3.05) is 44.5 Å². The highest BCUT2D eigenvalue weighted by molar-refractivity contribution is 6.32. The number of halogens is 1. The molecular weight excluding hydrogens is 482 g/mol. The highest BCUT2D eigenvalue weighted by Crippen LogP contribution is 2.29. The van der Waals surface area contributed by atoms with Gasteiger partial charge in [0.15, 0.2) is 0 Å². The second-order valence-corrected chi connectivity index (χ2v) is 9.53. The third-order valence-corrected chi connectivity index (χ3v) is 5.68. The van der Waals surface area contributed by atoms with Crippen molar-refractivity contribution in [3.63, 3.8) is 0 Å². The fourth-order valence-corrected chi connectivity index (χ4v) is 3.61. The van der Waals surface area contributed by atoms with Crippen molar-refractivity contribution in [2.24, 2.45) is 0 Å². The van der Waals surface area contributed by atoms with Crippen LogP contribution in [-0.2, 0) is 14.9 Å². The second-order valence-electron chi connectivity index (χ2n) is 9.12. The number of nitrogens with one attached hydrogen (secondary N) is 2. The first-order chi connectivity index (χ1) is 17.1. The summed E-state index contributed by atoms with van der Waals surface area (Å²) in [6, 6.07) is 15.7. The maximum Gasteiger partial charge on any atom is 0.322 e. The van der Waals surface area contributed by atoms with E-state index in [1.165, 1.54) is 19.1 Å². The third kappa shape index (κ3) is 6.77. The zero-order valence-electron chi connectivity index (χ0n) is 21.2. The van der Waals surface area contributed by atoms with Crippen LogP contribution in [0.2, 0.25) is 5.02 Å². The van der Waals surface area contributed by atoms with E-state index >= 15 is 0 Å². The van der Waals surface area contributed by atoms with Gasteiger partial charge in [-0.3, -0.25) is 4.79 Å². The van der Waals surface area contributed by atoms with Gasteiger partial charge in [-0.05, 0) is 24.3 Å². The molecule has 2 aromatic carbocycles. The Morgan fingerprint density at radius 3 is 2.42 bits per heavy atom. The molecular formula is C26H32ClN5O4. The Labute approximate surface area is 216 Å². The maximum atomic E-state index is 13.1. The quantitative estimate of drug-likeness (QED) is 0.422. The smallest absolute Gasteiger partial charge is 0.322 e. The summed E-state index contributed by atoms with van der Waals surface area (Å²) in [5, 5.41) is 10.9. The van der Waals surface area contributed by atoms with Gasteiger partial charge >= 0.3 is 6.03 Å². The summed E-state index contributed by atoms with van der Waals surface area (Å²) < 4.78 is 12.1. The number of para-hydroxylation sites is 3. The number of benzene rings is 2. The van der Waals surface area contributed by atoms with Gasteiger partial charge in [0.25, 0.3) is 0 Å². The average molecular weight is 514 g/mol. The molecule has 0 saturated carbocycles. The number of carbonyl (C=O) groups excluding carboxylic acids is 2. The van der Waals surface area contributed by atoms with Crippen molar-refractivity contribution in [3.05, 3.63) is 65.3 Å². The highest BCUT2D eigenvalue weighted by Gasteiger charge is 2.24. The van der Waals surface area contributed by atoms with Gasteiger partial charge in [-0.15, -0.1) is 0 Å². The number of ether oxygens (including phenoxy) is 2. The summed E-state index contributed by atoms with van der Waals surface area (Å²) in [5.41, 5.74) is 1.66. The van der Waals surface area contributed by atoms with E-state index in [-0.39, 0.29) is 25.1 Å². The lowest BCUT2D eigenvalue weighted by atomic mass is 9.92. The van der Waals surface area contributed by atoms with Gasteiger partial charge in [0, 0.05) is 25.1 Å². The number of carbonyl (C=O) groups is 2. The minimum atomic E-state index is -0.457. The molecule has 1 aromatic heterocycles. The van der Waals surface area contributed by atoms with Gasteiger partial charge < -0.3 is 25.0 Å². The number of rotatable bonds is 9. The van der Waals surface area contributed by atoms with Crippen LogP contribution in [0.1, 0.15) is 26.5 Å². The number of nitrogens with zero attached hydrogens (tertiary/aromatic N) is 3. The summed E-state index contributed by atoms with van der Waals surface area (Å²) in [7, 11) is 3.06. The van der Waals surface area contributed by atoms with Crippen LogP contribution in [-0.4, -0.2) is 60.5 Å². The van der Waals surface area contributed by atoms with Crippen molar-refractivity contribution < 1.29 is 19.1 Å². The Balaban J connectivity index is 1.83. The largest absolute Gasteiger partial charge is 0.495 e. The third-order valence-electron chi connectivity index (χ3n) is 5.36. The first-order valence-corrected chi connectivity index (χ1v) is 11.8. The summed E-state index contributed by atoms with van der Waals surface area (Å²) in [6.45, 7) is 6.37. The number of urea groups is 1. The molecule has 1 heterocycles. The fourth-order valence-electron chi connectivity index (χ4n) is 3.40. The molecule has 0 fully saturated rings. The van der Waals surface area contributed by atoms with E-state index in [0.29, 0.717) is 28.0 Å². The molecule has 0 bridgehead atoms. The first-order valence-electron chi connectivity index (χ1n) is 11.5. The van der Waals surface area contributed by atoms with Gasteiger partial charge in [0.2, 0.25) is 5.91 Å². The van der Waals surface area contributed by atoms with Gasteiger partial charge in [-0.1, -0.05) is 56.6 Å². The number of hydrogen-bond acceptors (Lipinski definition) is 5. The Morgan fingerprint density at radius 1 is 1.06 bits per heavy atom. The molecule has 3 amide bonds. The van der Waals surface area contributed by atoms with E-state index in [9.17, 15) is 9.59 Å². The van der Waals surface area contributed by atoms with Crippen LogP contribution < -0.4 is 15.4 Å². The molecule has 36 heavy (non-hydrogen) atoms. The zero-order valence-corrected chi connectivity index (χ0v) is 21.9. The van der Waals surface area contributed by atoms with Crippen LogP contribution in [0.15, 0.2) is 54.6 Å². The van der Waals surface area contributed by atoms with Gasteiger partial charge in [0.05, 0.1) is 35.8 Å². The van der Waals surface area contributed by atoms with E-state index in [4.69, 9.17) is 26.2 Å². The van der Waals surface area contributed by atoms with Crippen molar-refractivity contribution in [2.45, 2.75) is 26.2 Å². The Kier molecular flexibility index (Phi) is 8.95. The number of anilines is 2. The minimum absolute atomic E-state index is 0.205. The van der Waals surface area contributed by atoms with Crippen LogP contribution in [0.3, 0.4) is 0 Å². The molecule has 0 aliphatic carbocycles. The monoisotopic (exact) mass is 513 g/mol. The van der Waals surface area contributed by atoms with Crippen LogP contribution in [0.5, 0.6) is 5.75 Å². The predicted molar refractivity (Wildman–Crippen MR) is 141 cm³/mol. The fraction of sp³-hybridized carbons (Fsp3) is 0.346. The lowest BCUT2D eigenvalue weighted by Gasteiger charge is -2.23. The van der Waals surface area contributed by atoms with E-state index in [0.717, 1.165) is 5.69 Å². The van der Waals surface area contributed by atoms with E-state index < -0.39 is 11.9 Å². The molecule has 9 nitrogen and oxygen atoms in total. The number of methoxy groups -OCH3 is 2. The molecule has 0 aliphatic heterocycles. The molecule has 0 atom stereocenters. The van der Waals surface area contributed by atoms with Crippen LogP contribution in [0.4, 0.5) is 16.3 Å². The van der Waals surface area contributed by atoms with Crippen molar-refractivity contribution in [1.82, 2.24) is 14.7 Å². The zero-order chi connectivity index (χ0) is 26.3. The van der Waals surface area contributed by atoms with Crippen LogP contribution in [0.25, 0.3) is 5.69 Å². The highest BCUT2D eigenvalue weighted by atomic mass is 35.5. The molecule has 0 spiro atoms. The molecule has 0 aliphatic rings. The molecule has 192 valence electrons. The Hall–Kier alpha value is -3.56. The molecule has 2 N–H and O–H groups in total. The summed E-state index contributed by atoms with van der Waals surface area (Å²) >= 11 is 6.42. The molecule has 0 saturated heterocycles. The van der Waals surface area contributed by atoms with Gasteiger partial charge in [-0.2, -0.15) is 5.10 Å². The molecule has 3 aromatic rings. The lowest BCUT2D eigenvalue weighted by Crippen LogP contribution is -2.42. The van der Waals surface area contributed by atoms with E-state index in [2.05, 4.69) is 10.6 Å². The molecule has 0 radical (unpaired) electrons. The van der Waals surface area contributed by atoms with Gasteiger partial charge in [0.1, 0.15) is 18.1 Å². The summed E-state index contributed by atoms with van der Waals surface area (Å²) in [4.78, 5) is 27.5. The topological polar surface area (TPSA) is 97.7 Å². The van der Waals surface area contributed by atoms with E-state index in [1.807, 2.05) is 45.0 Å². The summed E-state index contributed by atoms with van der Waals surface area (Å²) in [6.07, 6.45) is 0. The molecule has 10 heteroatoms. The van der Waals surface area contributed by atoms with Crippen molar-refractivity contribution in [3.8, 4) is 11.4 Å². The minimum Gasteiger partial charge on any atom is -0.495 e. The Bertz CT molecular complexity index is 1210. The standard InChI is InChI=1S/C26H32ClN5O4/c1-26(2,3)22-16-23(32(30-22)20-12-8-6-10-18(20)27)29-24(33)17-31(14-15-35-4)25(34)28-19-11-7-9-13-21(19)36-5/h6-13,16H,14-15,17H2,1-5H3,(H,28,34)(H,29,33). The van der Waals surface area contributed by atoms with Gasteiger partial charge in [-0.25, -0.2) is 9.48 Å². The maximum absolute atomic E-state index is 13.1. The van der Waals surface area contributed by atoms with Crippen LogP contribution >= 0.6 is 11.6 Å². The SMILES string of the molecule is COCCN(CC(=O)Nc1cc(C(C)(C)C)nn1-c1ccccc1Cl)C(=O)Nc1ccccc1OC. The van der Waals surface area contributed by atoms with Crippen molar-refractivity contribution >= 4 is 35.0 Å². The number of hydrogen-bond donors (Lipinski definition) is 2. The Morgan fingerprint density at radius 2 is 1.75 bits per heavy atom. The number of aromatic nitrogens is 2. The molecule has 3 rings (SSSR count). The average Bonchev–Trinajstić information content (AvgIpc) is 3.26. The lowest BCUT2D eigenvalue weighted by molar-refractivity contribution is -0.116.